The highest BCUT2D eigenvalue weighted by Crippen LogP contribution is 2.23. The van der Waals surface area contributed by atoms with Gasteiger partial charge in [-0.15, -0.1) is 0 Å². The molecule has 0 amide bonds. The molecule has 408 valence electrons. The third-order valence-corrected chi connectivity index (χ3v) is 13.4. The molecule has 0 aromatic heterocycles. The van der Waals surface area contributed by atoms with Crippen molar-refractivity contribution in [2.75, 3.05) is 26.4 Å². The van der Waals surface area contributed by atoms with Gasteiger partial charge in [0.1, 0.15) is 30.5 Å². The van der Waals surface area contributed by atoms with Gasteiger partial charge in [0.25, 0.3) is 0 Å². The monoisotopic (exact) mass is 987 g/mol. The molecule has 4 N–H and O–H groups in total. The van der Waals surface area contributed by atoms with Crippen molar-refractivity contribution in [3.05, 3.63) is 60.8 Å². The maximum absolute atomic E-state index is 12.9. The van der Waals surface area contributed by atoms with Crippen LogP contribution in [0, 0.1) is 0 Å². The molecule has 6 atom stereocenters. The van der Waals surface area contributed by atoms with E-state index in [0.717, 1.165) is 77.0 Å². The topological polar surface area (TPSA) is 135 Å². The summed E-state index contributed by atoms with van der Waals surface area (Å²) in [5.41, 5.74) is 0. The van der Waals surface area contributed by atoms with Gasteiger partial charge >= 0.3 is 5.97 Å². The molecule has 6 unspecified atom stereocenters. The Hall–Kier alpha value is -2.11. The maximum Gasteiger partial charge on any atom is 0.306 e. The zero-order valence-corrected chi connectivity index (χ0v) is 45.3. The minimum absolute atomic E-state index is 0.119. The number of aliphatic hydroxyl groups is 4. The van der Waals surface area contributed by atoms with Gasteiger partial charge in [-0.2, -0.15) is 0 Å². The number of hydrogen-bond acceptors (Lipinski definition) is 9. The zero-order chi connectivity index (χ0) is 50.6. The number of allylic oxidation sites excluding steroid dienone is 10. The predicted molar refractivity (Wildman–Crippen MR) is 293 cm³/mol. The van der Waals surface area contributed by atoms with Crippen molar-refractivity contribution in [2.45, 2.75) is 295 Å². The molecule has 0 aromatic rings. The summed E-state index contributed by atoms with van der Waals surface area (Å²) in [6.45, 7) is 4.45. The quantitative estimate of drug-likeness (QED) is 0.0267. The largest absolute Gasteiger partial charge is 0.457 e. The van der Waals surface area contributed by atoms with E-state index in [-0.39, 0.29) is 19.2 Å². The van der Waals surface area contributed by atoms with Crippen molar-refractivity contribution >= 4 is 5.97 Å². The van der Waals surface area contributed by atoms with Crippen LogP contribution in [0.5, 0.6) is 0 Å². The highest BCUT2D eigenvalue weighted by molar-refractivity contribution is 5.69. The second-order valence-corrected chi connectivity index (χ2v) is 20.1. The SMILES string of the molecule is CC/C=C\C/C=C\C/C=C\C/C=C\C/C=C\CCCCCCCCOCC(COC1OC(CO)C(O)C(O)C1O)OC(=O)CCCCCCCCCCCCCCCCCCCCCCCCCCC. The van der Waals surface area contributed by atoms with Crippen molar-refractivity contribution in [3.63, 3.8) is 0 Å². The van der Waals surface area contributed by atoms with Crippen LogP contribution in [0.15, 0.2) is 60.8 Å². The van der Waals surface area contributed by atoms with Gasteiger partial charge in [0.15, 0.2) is 6.29 Å². The van der Waals surface area contributed by atoms with Crippen molar-refractivity contribution in [1.29, 1.82) is 0 Å². The Balaban J connectivity index is 2.15. The molecule has 0 radical (unpaired) electrons. The summed E-state index contributed by atoms with van der Waals surface area (Å²) in [5, 5.41) is 40.4. The van der Waals surface area contributed by atoms with Crippen molar-refractivity contribution in [1.82, 2.24) is 0 Å². The highest BCUT2D eigenvalue weighted by Gasteiger charge is 2.44. The van der Waals surface area contributed by atoms with E-state index < -0.39 is 43.4 Å². The minimum atomic E-state index is -1.54. The fourth-order valence-electron chi connectivity index (χ4n) is 8.93. The lowest BCUT2D eigenvalue weighted by molar-refractivity contribution is -0.305. The number of carbonyl (C=O) groups excluding carboxylic acids is 1. The summed E-state index contributed by atoms with van der Waals surface area (Å²) in [6, 6.07) is 0. The average molecular weight is 988 g/mol. The van der Waals surface area contributed by atoms with Gasteiger partial charge in [0, 0.05) is 13.0 Å². The number of carbonyl (C=O) groups is 1. The fourth-order valence-corrected chi connectivity index (χ4v) is 8.93. The molecule has 70 heavy (non-hydrogen) atoms. The van der Waals surface area contributed by atoms with E-state index in [1.54, 1.807) is 0 Å². The van der Waals surface area contributed by atoms with E-state index in [2.05, 4.69) is 74.6 Å². The third-order valence-electron chi connectivity index (χ3n) is 13.4. The van der Waals surface area contributed by atoms with E-state index >= 15 is 0 Å². The second kappa shape index (κ2) is 51.8. The predicted octanol–water partition coefficient (Wildman–Crippen LogP) is 15.4. The Morgan fingerprint density at radius 1 is 0.471 bits per heavy atom. The summed E-state index contributed by atoms with van der Waals surface area (Å²) in [7, 11) is 0. The average Bonchev–Trinajstić information content (AvgIpc) is 3.36. The first-order valence-electron chi connectivity index (χ1n) is 29.4. The molecule has 1 aliphatic heterocycles. The zero-order valence-electron chi connectivity index (χ0n) is 45.3. The van der Waals surface area contributed by atoms with Gasteiger partial charge in [0.05, 0.1) is 19.8 Å². The minimum Gasteiger partial charge on any atom is -0.457 e. The number of esters is 1. The first-order chi connectivity index (χ1) is 34.4. The first-order valence-corrected chi connectivity index (χ1v) is 29.4. The summed E-state index contributed by atoms with van der Waals surface area (Å²) < 4.78 is 23.0. The Morgan fingerprint density at radius 3 is 1.31 bits per heavy atom. The van der Waals surface area contributed by atoms with Gasteiger partial charge < -0.3 is 39.4 Å². The van der Waals surface area contributed by atoms with Gasteiger partial charge in [-0.1, -0.05) is 254 Å². The second-order valence-electron chi connectivity index (χ2n) is 20.1. The molecule has 1 rings (SSSR count). The molecule has 0 spiro atoms. The normalized spacial score (nSPS) is 19.3. The van der Waals surface area contributed by atoms with Gasteiger partial charge in [-0.25, -0.2) is 0 Å². The van der Waals surface area contributed by atoms with Crippen molar-refractivity contribution < 1.29 is 44.2 Å². The molecule has 1 aliphatic rings. The van der Waals surface area contributed by atoms with Crippen LogP contribution in [-0.4, -0.2) is 89.6 Å². The fraction of sp³-hybridized carbons (Fsp3) is 0.820. The van der Waals surface area contributed by atoms with Crippen LogP contribution < -0.4 is 0 Å². The summed E-state index contributed by atoms with van der Waals surface area (Å²) in [4.78, 5) is 12.9. The number of unbranched alkanes of at least 4 members (excludes halogenated alkanes) is 30. The molecule has 9 heteroatoms. The van der Waals surface area contributed by atoms with Gasteiger partial charge in [0.2, 0.25) is 0 Å². The Labute approximate surface area is 430 Å². The molecule has 1 saturated heterocycles. The Kier molecular flexibility index (Phi) is 48.7. The summed E-state index contributed by atoms with van der Waals surface area (Å²) >= 11 is 0. The highest BCUT2D eigenvalue weighted by atomic mass is 16.7. The molecule has 0 aliphatic carbocycles. The van der Waals surface area contributed by atoms with Crippen LogP contribution >= 0.6 is 0 Å². The van der Waals surface area contributed by atoms with E-state index in [4.69, 9.17) is 18.9 Å². The van der Waals surface area contributed by atoms with Crippen LogP contribution in [0.2, 0.25) is 0 Å². The molecule has 9 nitrogen and oxygen atoms in total. The van der Waals surface area contributed by atoms with E-state index in [9.17, 15) is 25.2 Å². The molecular formula is C61H110O9. The van der Waals surface area contributed by atoms with E-state index in [0.29, 0.717) is 13.0 Å². The number of hydrogen-bond donors (Lipinski definition) is 4. The molecule has 0 bridgehead atoms. The molecule has 0 saturated carbocycles. The Bertz CT molecular complexity index is 1260. The number of rotatable bonds is 51. The van der Waals surface area contributed by atoms with Gasteiger partial charge in [-0.3, -0.25) is 4.79 Å². The number of ether oxygens (including phenoxy) is 4. The van der Waals surface area contributed by atoms with Crippen molar-refractivity contribution in [3.8, 4) is 0 Å². The van der Waals surface area contributed by atoms with Crippen LogP contribution in [0.1, 0.15) is 258 Å². The molecular weight excluding hydrogens is 877 g/mol. The first kappa shape index (κ1) is 65.9. The number of aliphatic hydroxyl groups excluding tert-OH is 4. The lowest BCUT2D eigenvalue weighted by atomic mass is 9.99. The third kappa shape index (κ3) is 41.4. The lowest BCUT2D eigenvalue weighted by Gasteiger charge is -2.39. The van der Waals surface area contributed by atoms with Gasteiger partial charge in [-0.05, 0) is 57.8 Å². The van der Waals surface area contributed by atoms with Crippen LogP contribution in [0.4, 0.5) is 0 Å². The lowest BCUT2D eigenvalue weighted by Crippen LogP contribution is -2.59. The van der Waals surface area contributed by atoms with Crippen LogP contribution in [-0.2, 0) is 23.7 Å². The standard InChI is InChI=1S/C61H110O9/c1-3-5-7-9-11-13-15-17-19-21-23-25-27-28-29-30-32-34-36-38-40-42-44-46-48-50-57(63)69-55(54-68-61-60(66)59(65)58(64)56(52-62)70-61)53-67-51-49-47-45-43-41-39-37-35-33-31-26-24-22-20-18-16-14-12-10-8-6-4-2/h6,8,12,14,18,20,24,26,33,35,55-56,58-62,64-66H,3-5,7,9-11,13,15-17,19,21-23,25,27-32,34,36-54H2,1-2H3/b8-6-,14-12-,20-18-,26-24-,35-33-. The van der Waals surface area contributed by atoms with Crippen LogP contribution in [0.3, 0.4) is 0 Å². The smallest absolute Gasteiger partial charge is 0.306 e. The maximum atomic E-state index is 12.9. The molecule has 0 aromatic carbocycles. The molecule has 1 heterocycles. The van der Waals surface area contributed by atoms with Crippen molar-refractivity contribution in [2.24, 2.45) is 0 Å². The Morgan fingerprint density at radius 2 is 0.871 bits per heavy atom. The summed E-state index contributed by atoms with van der Waals surface area (Å²) in [5.74, 6) is -0.315. The van der Waals surface area contributed by atoms with E-state index in [1.807, 2.05) is 0 Å². The van der Waals surface area contributed by atoms with E-state index in [1.165, 1.54) is 161 Å². The van der Waals surface area contributed by atoms with Crippen LogP contribution in [0.25, 0.3) is 0 Å². The summed E-state index contributed by atoms with van der Waals surface area (Å²) in [6.07, 6.45) is 61.3. The molecule has 1 fully saturated rings.